The number of rotatable bonds is 1. The Morgan fingerprint density at radius 3 is 2.42 bits per heavy atom. The second-order valence-electron chi connectivity index (χ2n) is 3.62. The van der Waals surface area contributed by atoms with Crippen LogP contribution in [0.4, 0.5) is 0 Å². The molecule has 0 saturated heterocycles. The van der Waals surface area contributed by atoms with E-state index in [0.29, 0.717) is 5.92 Å². The van der Waals surface area contributed by atoms with Crippen LogP contribution in [0.15, 0.2) is 12.4 Å². The summed E-state index contributed by atoms with van der Waals surface area (Å²) in [5.74, 6) is 0.580. The van der Waals surface area contributed by atoms with Crippen molar-refractivity contribution in [3.63, 3.8) is 0 Å². The Labute approximate surface area is 72.0 Å². The lowest BCUT2D eigenvalue weighted by molar-refractivity contribution is 0.873. The number of aryl methyl sites for hydroxylation is 1. The van der Waals surface area contributed by atoms with E-state index in [1.807, 2.05) is 6.20 Å². The second kappa shape index (κ2) is 2.41. The van der Waals surface area contributed by atoms with Crippen LogP contribution in [0.3, 0.4) is 0 Å². The molecule has 2 aromatic heterocycles. The highest BCUT2D eigenvalue weighted by Gasteiger charge is 2.09. The van der Waals surface area contributed by atoms with E-state index >= 15 is 0 Å². The Hall–Kier alpha value is -1.18. The number of hydrogen-bond acceptors (Lipinski definition) is 0. The van der Waals surface area contributed by atoms with Crippen LogP contribution < -0.4 is 0 Å². The lowest BCUT2D eigenvalue weighted by Gasteiger charge is -1.98. The van der Waals surface area contributed by atoms with Crippen LogP contribution in [0.25, 0.3) is 11.0 Å². The van der Waals surface area contributed by atoms with E-state index < -0.39 is 0 Å². The molecule has 0 aliphatic heterocycles. The standard InChI is InChI=1S/C10H14N2/c1-6(2)8-5-12-9-7(3)4-11-10(8)9/h4-6,11-12H,1-3H3. The quantitative estimate of drug-likeness (QED) is 0.646. The molecule has 0 spiro atoms. The van der Waals surface area contributed by atoms with Crippen molar-refractivity contribution in [3.05, 3.63) is 23.5 Å². The summed E-state index contributed by atoms with van der Waals surface area (Å²) in [5, 5.41) is 0. The number of nitrogens with one attached hydrogen (secondary N) is 2. The molecule has 12 heavy (non-hydrogen) atoms. The molecule has 0 aliphatic rings. The number of hydrogen-bond donors (Lipinski definition) is 2. The largest absolute Gasteiger partial charge is 0.359 e. The summed E-state index contributed by atoms with van der Waals surface area (Å²) in [7, 11) is 0. The monoisotopic (exact) mass is 162 g/mol. The average Bonchev–Trinajstić information content (AvgIpc) is 2.53. The molecule has 0 aromatic carbocycles. The van der Waals surface area contributed by atoms with Crippen molar-refractivity contribution in [1.82, 2.24) is 9.97 Å². The highest BCUT2D eigenvalue weighted by atomic mass is 14.8. The van der Waals surface area contributed by atoms with Gasteiger partial charge in [0, 0.05) is 12.4 Å². The van der Waals surface area contributed by atoms with Gasteiger partial charge in [0.05, 0.1) is 11.0 Å². The number of aromatic nitrogens is 2. The predicted molar refractivity (Wildman–Crippen MR) is 51.5 cm³/mol. The summed E-state index contributed by atoms with van der Waals surface area (Å²) in [6, 6.07) is 0. The Morgan fingerprint density at radius 2 is 1.75 bits per heavy atom. The fraction of sp³-hybridized carbons (Fsp3) is 0.400. The molecule has 0 radical (unpaired) electrons. The van der Waals surface area contributed by atoms with Crippen molar-refractivity contribution in [2.24, 2.45) is 0 Å². The molecule has 0 saturated carbocycles. The normalized spacial score (nSPS) is 11.7. The Morgan fingerprint density at radius 1 is 1.08 bits per heavy atom. The maximum atomic E-state index is 3.29. The molecule has 0 bridgehead atoms. The van der Waals surface area contributed by atoms with E-state index in [0.717, 1.165) is 0 Å². The Bertz CT molecular complexity index is 393. The molecule has 2 aromatic rings. The van der Waals surface area contributed by atoms with Gasteiger partial charge in [-0.2, -0.15) is 0 Å². The molecular weight excluding hydrogens is 148 g/mol. The maximum absolute atomic E-state index is 3.29. The van der Waals surface area contributed by atoms with Gasteiger partial charge in [0.2, 0.25) is 0 Å². The van der Waals surface area contributed by atoms with Gasteiger partial charge < -0.3 is 9.97 Å². The smallest absolute Gasteiger partial charge is 0.0672 e. The summed E-state index contributed by atoms with van der Waals surface area (Å²) in [4.78, 5) is 6.57. The van der Waals surface area contributed by atoms with Gasteiger partial charge in [0.15, 0.2) is 0 Å². The van der Waals surface area contributed by atoms with Crippen molar-refractivity contribution in [2.45, 2.75) is 26.7 Å². The fourth-order valence-electron chi connectivity index (χ4n) is 1.61. The van der Waals surface area contributed by atoms with Gasteiger partial charge in [-0.25, -0.2) is 0 Å². The van der Waals surface area contributed by atoms with Crippen LogP contribution in [-0.2, 0) is 0 Å². The van der Waals surface area contributed by atoms with Gasteiger partial charge in [0.25, 0.3) is 0 Å². The molecule has 2 heteroatoms. The fourth-order valence-corrected chi connectivity index (χ4v) is 1.61. The first-order valence-electron chi connectivity index (χ1n) is 4.35. The van der Waals surface area contributed by atoms with Gasteiger partial charge in [0.1, 0.15) is 0 Å². The van der Waals surface area contributed by atoms with Crippen molar-refractivity contribution in [1.29, 1.82) is 0 Å². The molecule has 0 atom stereocenters. The average molecular weight is 162 g/mol. The van der Waals surface area contributed by atoms with Gasteiger partial charge in [-0.1, -0.05) is 13.8 Å². The molecule has 2 N–H and O–H groups in total. The summed E-state index contributed by atoms with van der Waals surface area (Å²) >= 11 is 0. The molecule has 2 heterocycles. The molecule has 0 unspecified atom stereocenters. The van der Waals surface area contributed by atoms with Gasteiger partial charge in [-0.3, -0.25) is 0 Å². The minimum atomic E-state index is 0.580. The lowest BCUT2D eigenvalue weighted by Crippen LogP contribution is -1.83. The maximum Gasteiger partial charge on any atom is 0.0672 e. The van der Waals surface area contributed by atoms with E-state index in [2.05, 4.69) is 36.9 Å². The Balaban J connectivity index is 2.71. The number of H-pyrrole nitrogens is 2. The lowest BCUT2D eigenvalue weighted by atomic mass is 10.1. The van der Waals surface area contributed by atoms with E-state index in [4.69, 9.17) is 0 Å². The summed E-state index contributed by atoms with van der Waals surface area (Å²) in [6.45, 7) is 6.52. The second-order valence-corrected chi connectivity index (χ2v) is 3.62. The molecular formula is C10H14N2. The third kappa shape index (κ3) is 0.876. The molecule has 2 rings (SSSR count). The van der Waals surface area contributed by atoms with Gasteiger partial charge in [-0.05, 0) is 24.0 Å². The zero-order chi connectivity index (χ0) is 8.72. The van der Waals surface area contributed by atoms with E-state index in [9.17, 15) is 0 Å². The Kier molecular flexibility index (Phi) is 1.50. The molecule has 2 nitrogen and oxygen atoms in total. The van der Waals surface area contributed by atoms with Gasteiger partial charge in [-0.15, -0.1) is 0 Å². The van der Waals surface area contributed by atoms with Crippen molar-refractivity contribution < 1.29 is 0 Å². The molecule has 0 aliphatic carbocycles. The topological polar surface area (TPSA) is 31.6 Å². The van der Waals surface area contributed by atoms with Crippen molar-refractivity contribution >= 4 is 11.0 Å². The van der Waals surface area contributed by atoms with Crippen molar-refractivity contribution in [3.8, 4) is 0 Å². The minimum Gasteiger partial charge on any atom is -0.359 e. The number of fused-ring (bicyclic) bond motifs is 1. The molecule has 64 valence electrons. The number of aromatic amines is 2. The van der Waals surface area contributed by atoms with E-state index in [1.165, 1.54) is 22.2 Å². The highest BCUT2D eigenvalue weighted by Crippen LogP contribution is 2.25. The van der Waals surface area contributed by atoms with E-state index in [-0.39, 0.29) is 0 Å². The molecule has 0 fully saturated rings. The third-order valence-corrected chi connectivity index (χ3v) is 2.36. The summed E-state index contributed by atoms with van der Waals surface area (Å²) < 4.78 is 0. The van der Waals surface area contributed by atoms with Crippen LogP contribution in [0, 0.1) is 6.92 Å². The van der Waals surface area contributed by atoms with Crippen LogP contribution in [-0.4, -0.2) is 9.97 Å². The first-order valence-corrected chi connectivity index (χ1v) is 4.35. The minimum absolute atomic E-state index is 0.580. The zero-order valence-electron chi connectivity index (χ0n) is 7.73. The van der Waals surface area contributed by atoms with E-state index in [1.54, 1.807) is 0 Å². The van der Waals surface area contributed by atoms with Crippen molar-refractivity contribution in [2.75, 3.05) is 0 Å². The SMILES string of the molecule is Cc1c[nH]c2c(C(C)C)c[nH]c12. The van der Waals surface area contributed by atoms with Crippen LogP contribution >= 0.6 is 0 Å². The first-order chi connectivity index (χ1) is 5.70. The summed E-state index contributed by atoms with van der Waals surface area (Å²) in [6.07, 6.45) is 4.14. The highest BCUT2D eigenvalue weighted by molar-refractivity contribution is 5.83. The third-order valence-electron chi connectivity index (χ3n) is 2.36. The van der Waals surface area contributed by atoms with Crippen LogP contribution in [0.2, 0.25) is 0 Å². The first kappa shape index (κ1) is 7.47. The zero-order valence-corrected chi connectivity index (χ0v) is 7.73. The van der Waals surface area contributed by atoms with Gasteiger partial charge >= 0.3 is 0 Å². The van der Waals surface area contributed by atoms with Crippen LogP contribution in [0.5, 0.6) is 0 Å². The van der Waals surface area contributed by atoms with Crippen LogP contribution in [0.1, 0.15) is 30.9 Å². The summed E-state index contributed by atoms with van der Waals surface area (Å²) in [5.41, 5.74) is 5.18. The predicted octanol–water partition coefficient (Wildman–Crippen LogP) is 2.93. The molecule has 0 amide bonds.